The van der Waals surface area contributed by atoms with Gasteiger partial charge in [-0.2, -0.15) is 4.57 Å². The van der Waals surface area contributed by atoms with Crippen molar-refractivity contribution in [3.63, 3.8) is 0 Å². The van der Waals surface area contributed by atoms with E-state index in [2.05, 4.69) is 0 Å². The first kappa shape index (κ1) is 25.4. The van der Waals surface area contributed by atoms with Crippen LogP contribution in [0.4, 0.5) is 0 Å². The summed E-state index contributed by atoms with van der Waals surface area (Å²) >= 11 is 0. The molecule has 3 rings (SSSR count). The predicted molar refractivity (Wildman–Crippen MR) is 120 cm³/mol. The maximum Gasteiger partial charge on any atom is 0.316 e. The van der Waals surface area contributed by atoms with E-state index in [0.29, 0.717) is 17.2 Å². The third-order valence-electron chi connectivity index (χ3n) is 3.71. The van der Waals surface area contributed by atoms with Crippen LogP contribution in [0.5, 0.6) is 17.2 Å². The maximum absolute atomic E-state index is 13.3. The monoisotopic (exact) mass is 436 g/mol. The van der Waals surface area contributed by atoms with Gasteiger partial charge in [0.2, 0.25) is 0 Å². The first-order chi connectivity index (χ1) is 12.4. The average Bonchev–Trinajstić information content (AvgIpc) is 2.61. The molecule has 142 valence electrons. The van der Waals surface area contributed by atoms with Gasteiger partial charge in [-0.25, -0.2) is 0 Å². The molecule has 0 bridgehead atoms. The fourth-order valence-electron chi connectivity index (χ4n) is 2.24. The number of rotatable bonds is 6. The van der Waals surface area contributed by atoms with E-state index in [1.807, 2.05) is 57.2 Å². The SMILES string of the molecule is Cc1ccc(OP(=O)(Oc2ccc(C)cc2)Oc2ccc(C)cc2)cc1.[CaH2].[MgH2]. The summed E-state index contributed by atoms with van der Waals surface area (Å²) in [6.07, 6.45) is 0. The van der Waals surface area contributed by atoms with Crippen LogP contribution in [0.15, 0.2) is 72.8 Å². The Morgan fingerprint density at radius 2 is 0.750 bits per heavy atom. The number of hydrogen-bond donors (Lipinski definition) is 0. The first-order valence-corrected chi connectivity index (χ1v) is 9.77. The summed E-state index contributed by atoms with van der Waals surface area (Å²) in [5.41, 5.74) is 3.23. The van der Waals surface area contributed by atoms with E-state index in [4.69, 9.17) is 13.6 Å². The van der Waals surface area contributed by atoms with Crippen LogP contribution in [0, 0.1) is 20.8 Å². The van der Waals surface area contributed by atoms with E-state index >= 15 is 0 Å². The molecule has 0 saturated carbocycles. The molecule has 0 atom stereocenters. The van der Waals surface area contributed by atoms with E-state index in [1.54, 1.807) is 36.4 Å². The van der Waals surface area contributed by atoms with Gasteiger partial charge in [0.1, 0.15) is 17.2 Å². The minimum absolute atomic E-state index is 0. The van der Waals surface area contributed by atoms with Crippen molar-refractivity contribution in [1.82, 2.24) is 0 Å². The van der Waals surface area contributed by atoms with Crippen LogP contribution >= 0.6 is 7.82 Å². The molecule has 0 heterocycles. The smallest absolute Gasteiger partial charge is 0.316 e. The van der Waals surface area contributed by atoms with Crippen LogP contribution in [-0.4, -0.2) is 60.8 Å². The molecular weight excluding hydrogens is 412 g/mol. The molecule has 4 nitrogen and oxygen atoms in total. The van der Waals surface area contributed by atoms with Crippen molar-refractivity contribution < 1.29 is 18.1 Å². The van der Waals surface area contributed by atoms with Crippen molar-refractivity contribution in [3.8, 4) is 17.2 Å². The van der Waals surface area contributed by atoms with Crippen molar-refractivity contribution >= 4 is 68.6 Å². The molecular formula is C21H25CaMgO4P. The van der Waals surface area contributed by atoms with Gasteiger partial charge in [0.15, 0.2) is 0 Å². The quantitative estimate of drug-likeness (QED) is 0.424. The van der Waals surface area contributed by atoms with Gasteiger partial charge < -0.3 is 13.6 Å². The number of phosphoric ester groups is 1. The molecule has 0 unspecified atom stereocenters. The Balaban J connectivity index is 0.00000196. The summed E-state index contributed by atoms with van der Waals surface area (Å²) < 4.78 is 30.2. The fraction of sp³-hybridized carbons (Fsp3) is 0.143. The topological polar surface area (TPSA) is 44.8 Å². The van der Waals surface area contributed by atoms with Gasteiger partial charge in [-0.1, -0.05) is 53.1 Å². The minimum atomic E-state index is -3.93. The minimum Gasteiger partial charge on any atom is 0.316 e. The Hall–Kier alpha value is -0.684. The molecule has 3 aromatic rings. The van der Waals surface area contributed by atoms with Gasteiger partial charge in [-0.15, -0.1) is 0 Å². The Morgan fingerprint density at radius 1 is 0.536 bits per heavy atom. The zero-order chi connectivity index (χ0) is 18.6. The van der Waals surface area contributed by atoms with Crippen molar-refractivity contribution in [2.75, 3.05) is 0 Å². The van der Waals surface area contributed by atoms with Crippen LogP contribution < -0.4 is 13.6 Å². The standard InChI is InChI=1S/C21H21O4P.Ca.Mg.4H/c1-16-4-10-19(11-5-16)23-26(22,24-20-12-6-17(2)7-13-20)25-21-14-8-18(3)9-15-21;;;;;;/h4-15H,1-3H3;;;;;;. The third-order valence-corrected chi connectivity index (χ3v) is 5.02. The molecule has 0 fully saturated rings. The molecule has 28 heavy (non-hydrogen) atoms. The van der Waals surface area contributed by atoms with Gasteiger partial charge in [-0.05, 0) is 57.2 Å². The van der Waals surface area contributed by atoms with E-state index < -0.39 is 7.82 Å². The van der Waals surface area contributed by atoms with E-state index in [0.717, 1.165) is 16.7 Å². The van der Waals surface area contributed by atoms with E-state index in [-0.39, 0.29) is 60.8 Å². The molecule has 0 N–H and O–H groups in total. The summed E-state index contributed by atoms with van der Waals surface area (Å²) in [6, 6.07) is 21.6. The maximum atomic E-state index is 13.3. The Labute approximate surface area is 212 Å². The summed E-state index contributed by atoms with van der Waals surface area (Å²) in [5, 5.41) is 0. The van der Waals surface area contributed by atoms with Crippen molar-refractivity contribution in [3.05, 3.63) is 89.5 Å². The molecule has 0 aliphatic carbocycles. The largest absolute Gasteiger partial charge is 0.316 e. The number of benzene rings is 3. The number of hydrogen-bond acceptors (Lipinski definition) is 4. The first-order valence-electron chi connectivity index (χ1n) is 8.31. The zero-order valence-corrected chi connectivity index (χ0v) is 15.9. The third kappa shape index (κ3) is 7.62. The number of phosphoric acid groups is 1. The van der Waals surface area contributed by atoms with Crippen molar-refractivity contribution in [2.45, 2.75) is 20.8 Å². The predicted octanol–water partition coefficient (Wildman–Crippen LogP) is 4.42. The Kier molecular flexibility index (Phi) is 10.4. The molecule has 3 aromatic carbocycles. The Bertz CT molecular complexity index is 790. The fourth-order valence-corrected chi connectivity index (χ4v) is 3.49. The van der Waals surface area contributed by atoms with Crippen LogP contribution in [0.25, 0.3) is 0 Å². The summed E-state index contributed by atoms with van der Waals surface area (Å²) in [4.78, 5) is 0. The Morgan fingerprint density at radius 3 is 0.964 bits per heavy atom. The normalized spacial score (nSPS) is 10.2. The average molecular weight is 437 g/mol. The van der Waals surface area contributed by atoms with Crippen LogP contribution in [0.2, 0.25) is 0 Å². The van der Waals surface area contributed by atoms with Crippen LogP contribution in [-0.2, 0) is 4.57 Å². The molecule has 0 amide bonds. The van der Waals surface area contributed by atoms with Crippen LogP contribution in [0.1, 0.15) is 16.7 Å². The van der Waals surface area contributed by atoms with Gasteiger partial charge in [0.25, 0.3) is 0 Å². The molecule has 0 spiro atoms. The summed E-state index contributed by atoms with van der Waals surface area (Å²) in [6.45, 7) is 5.90. The van der Waals surface area contributed by atoms with Gasteiger partial charge in [0.05, 0.1) is 0 Å². The molecule has 0 radical (unpaired) electrons. The second kappa shape index (κ2) is 11.5. The van der Waals surface area contributed by atoms with Gasteiger partial charge >= 0.3 is 68.6 Å². The van der Waals surface area contributed by atoms with Gasteiger partial charge in [0, 0.05) is 0 Å². The molecule has 7 heteroatoms. The second-order valence-corrected chi connectivity index (χ2v) is 7.60. The summed E-state index contributed by atoms with van der Waals surface area (Å²) in [7, 11) is -3.93. The molecule has 0 aliphatic heterocycles. The summed E-state index contributed by atoms with van der Waals surface area (Å²) in [5.74, 6) is 1.24. The molecule has 0 aliphatic rings. The zero-order valence-electron chi connectivity index (χ0n) is 15.0. The molecule has 0 saturated heterocycles. The van der Waals surface area contributed by atoms with E-state index in [1.165, 1.54) is 0 Å². The number of aryl methyl sites for hydroxylation is 3. The van der Waals surface area contributed by atoms with Crippen molar-refractivity contribution in [2.24, 2.45) is 0 Å². The second-order valence-electron chi connectivity index (χ2n) is 6.16. The van der Waals surface area contributed by atoms with Crippen LogP contribution in [0.3, 0.4) is 0 Å². The van der Waals surface area contributed by atoms with Crippen molar-refractivity contribution in [1.29, 1.82) is 0 Å². The molecule has 0 aromatic heterocycles. The van der Waals surface area contributed by atoms with E-state index in [9.17, 15) is 4.57 Å². The van der Waals surface area contributed by atoms with Gasteiger partial charge in [-0.3, -0.25) is 0 Å².